The van der Waals surface area contributed by atoms with Gasteiger partial charge in [-0.1, -0.05) is 36.6 Å². The van der Waals surface area contributed by atoms with Crippen LogP contribution in [0.5, 0.6) is 0 Å². The van der Waals surface area contributed by atoms with Crippen LogP contribution in [0.1, 0.15) is 66.1 Å². The number of nitrogens with one attached hydrogen (secondary N) is 2. The van der Waals surface area contributed by atoms with Crippen molar-refractivity contribution in [2.45, 2.75) is 64.2 Å². The minimum Gasteiger partial charge on any atom is -0.351 e. The Morgan fingerprint density at radius 1 is 1.22 bits per heavy atom. The maximum Gasteiger partial charge on any atom is 0.273 e. The van der Waals surface area contributed by atoms with Gasteiger partial charge in [0.05, 0.1) is 12.9 Å². The molecule has 2 heterocycles. The summed E-state index contributed by atoms with van der Waals surface area (Å²) in [5, 5.41) is 6.55. The molecular weight excluding hydrogens is 430 g/mol. The van der Waals surface area contributed by atoms with Gasteiger partial charge < -0.3 is 20.1 Å². The molecule has 1 aliphatic heterocycles. The Hall–Kier alpha value is -2.87. The Balaban J connectivity index is 1.53. The van der Waals surface area contributed by atoms with E-state index in [2.05, 4.69) is 15.6 Å². The molecule has 0 spiro atoms. The first kappa shape index (κ1) is 22.3. The van der Waals surface area contributed by atoms with Crippen LogP contribution in [-0.2, 0) is 17.9 Å². The molecule has 0 unspecified atom stereocenters. The van der Waals surface area contributed by atoms with E-state index in [1.807, 2.05) is 19.1 Å². The normalized spacial score (nSPS) is 20.8. The highest BCUT2D eigenvalue weighted by Gasteiger charge is 2.48. The fraction of sp³-hybridized carbons (Fsp3) is 0.478. The first-order valence-electron chi connectivity index (χ1n) is 11.0. The number of likely N-dealkylation sites (N-methyl/N-ethyl adjacent to an activating group) is 1. The van der Waals surface area contributed by atoms with E-state index >= 15 is 0 Å². The number of hydrogen-bond acceptors (Lipinski definition) is 4. The van der Waals surface area contributed by atoms with E-state index in [1.54, 1.807) is 28.5 Å². The average molecular weight is 458 g/mol. The summed E-state index contributed by atoms with van der Waals surface area (Å²) in [6.45, 7) is 4.51. The van der Waals surface area contributed by atoms with E-state index in [0.29, 0.717) is 11.6 Å². The van der Waals surface area contributed by atoms with Gasteiger partial charge in [-0.05, 0) is 44.4 Å². The standard InChI is InChI=1S/C23H28ClN5O3/c1-3-29-21(31)19-18(20(30)25-12-15-8-10-16(24)11-9-15)26-14-28(19)13-23(29,2)22(32)27-17-6-4-5-7-17/h8-11,14,17H,3-7,12-13H2,1-2H3,(H,25,30)(H,27,32)/t23-/m1/s1. The molecule has 2 aromatic rings. The summed E-state index contributed by atoms with van der Waals surface area (Å²) in [4.78, 5) is 45.2. The second-order valence-corrected chi connectivity index (χ2v) is 9.09. The number of benzene rings is 1. The number of amides is 3. The van der Waals surface area contributed by atoms with Crippen LogP contribution in [0.3, 0.4) is 0 Å². The number of hydrogen-bond donors (Lipinski definition) is 2. The molecule has 4 rings (SSSR count). The van der Waals surface area contributed by atoms with Gasteiger partial charge in [-0.3, -0.25) is 14.4 Å². The van der Waals surface area contributed by atoms with Crippen LogP contribution in [-0.4, -0.2) is 50.3 Å². The second-order valence-electron chi connectivity index (χ2n) is 8.66. The highest BCUT2D eigenvalue weighted by Crippen LogP contribution is 2.29. The summed E-state index contributed by atoms with van der Waals surface area (Å²) in [7, 11) is 0. The molecule has 3 amide bonds. The van der Waals surface area contributed by atoms with Crippen LogP contribution in [0, 0.1) is 0 Å². The third-order valence-electron chi connectivity index (χ3n) is 6.44. The number of carbonyl (C=O) groups is 3. The lowest BCUT2D eigenvalue weighted by Crippen LogP contribution is -2.64. The maximum absolute atomic E-state index is 13.4. The number of nitrogens with zero attached hydrogens (tertiary/aromatic N) is 3. The van der Waals surface area contributed by atoms with Crippen LogP contribution < -0.4 is 10.6 Å². The van der Waals surface area contributed by atoms with E-state index in [1.165, 1.54) is 6.33 Å². The molecule has 2 aliphatic rings. The first-order valence-corrected chi connectivity index (χ1v) is 11.4. The van der Waals surface area contributed by atoms with E-state index in [9.17, 15) is 14.4 Å². The van der Waals surface area contributed by atoms with Gasteiger partial charge in [0.15, 0.2) is 5.69 Å². The van der Waals surface area contributed by atoms with Crippen molar-refractivity contribution >= 4 is 29.3 Å². The van der Waals surface area contributed by atoms with E-state index in [4.69, 9.17) is 11.6 Å². The van der Waals surface area contributed by atoms with Crippen LogP contribution in [0.15, 0.2) is 30.6 Å². The van der Waals surface area contributed by atoms with Gasteiger partial charge in [-0.2, -0.15) is 0 Å². The first-order chi connectivity index (χ1) is 15.3. The van der Waals surface area contributed by atoms with Crippen molar-refractivity contribution in [1.29, 1.82) is 0 Å². The third kappa shape index (κ3) is 4.11. The molecule has 32 heavy (non-hydrogen) atoms. The van der Waals surface area contributed by atoms with Crippen LogP contribution in [0.25, 0.3) is 0 Å². The molecule has 1 saturated carbocycles. The zero-order valence-corrected chi connectivity index (χ0v) is 19.1. The number of rotatable bonds is 6. The van der Waals surface area contributed by atoms with E-state index in [-0.39, 0.29) is 42.3 Å². The molecule has 1 fully saturated rings. The minimum absolute atomic E-state index is 0.0701. The fourth-order valence-electron chi connectivity index (χ4n) is 4.63. The topological polar surface area (TPSA) is 96.3 Å². The van der Waals surface area contributed by atoms with Gasteiger partial charge in [0.2, 0.25) is 5.91 Å². The summed E-state index contributed by atoms with van der Waals surface area (Å²) in [6, 6.07) is 7.31. The lowest BCUT2D eigenvalue weighted by molar-refractivity contribution is -0.133. The quantitative estimate of drug-likeness (QED) is 0.697. The molecule has 1 atom stereocenters. The highest BCUT2D eigenvalue weighted by molar-refractivity contribution is 6.30. The second kappa shape index (κ2) is 8.94. The Kier molecular flexibility index (Phi) is 6.24. The minimum atomic E-state index is -1.04. The summed E-state index contributed by atoms with van der Waals surface area (Å²) in [5.41, 5.74) is 0.125. The van der Waals surface area contributed by atoms with Gasteiger partial charge in [0.25, 0.3) is 11.8 Å². The lowest BCUT2D eigenvalue weighted by Gasteiger charge is -2.43. The fourth-order valence-corrected chi connectivity index (χ4v) is 4.75. The molecular formula is C23H28ClN5O3. The predicted octanol–water partition coefficient (Wildman–Crippen LogP) is 2.76. The van der Waals surface area contributed by atoms with Crippen LogP contribution in [0.4, 0.5) is 0 Å². The molecule has 1 aliphatic carbocycles. The van der Waals surface area contributed by atoms with Gasteiger partial charge in [-0.25, -0.2) is 4.98 Å². The lowest BCUT2D eigenvalue weighted by atomic mass is 9.94. The maximum atomic E-state index is 13.4. The van der Waals surface area contributed by atoms with Crippen molar-refractivity contribution in [2.75, 3.05) is 6.54 Å². The van der Waals surface area contributed by atoms with E-state index in [0.717, 1.165) is 31.2 Å². The van der Waals surface area contributed by atoms with Gasteiger partial charge in [-0.15, -0.1) is 0 Å². The SMILES string of the molecule is CCN1C(=O)c2c(C(=O)NCc3ccc(Cl)cc3)ncn2C[C@]1(C)C(=O)NC1CCCC1. The van der Waals surface area contributed by atoms with Crippen LogP contribution in [0.2, 0.25) is 5.02 Å². The molecule has 0 saturated heterocycles. The van der Waals surface area contributed by atoms with Gasteiger partial charge >= 0.3 is 0 Å². The Morgan fingerprint density at radius 2 is 1.91 bits per heavy atom. The van der Waals surface area contributed by atoms with Crippen molar-refractivity contribution in [3.05, 3.63) is 52.6 Å². The zero-order valence-electron chi connectivity index (χ0n) is 18.4. The molecule has 1 aromatic carbocycles. The summed E-state index contributed by atoms with van der Waals surface area (Å²) in [6.07, 6.45) is 5.63. The Morgan fingerprint density at radius 3 is 2.56 bits per heavy atom. The smallest absolute Gasteiger partial charge is 0.273 e. The third-order valence-corrected chi connectivity index (χ3v) is 6.69. The Bertz CT molecular complexity index is 1030. The number of imidazole rings is 1. The number of aromatic nitrogens is 2. The average Bonchev–Trinajstić information content (AvgIpc) is 3.43. The highest BCUT2D eigenvalue weighted by atomic mass is 35.5. The van der Waals surface area contributed by atoms with Crippen molar-refractivity contribution in [3.63, 3.8) is 0 Å². The van der Waals surface area contributed by atoms with Crippen molar-refractivity contribution in [1.82, 2.24) is 25.1 Å². The summed E-state index contributed by atoms with van der Waals surface area (Å²) >= 11 is 5.90. The molecule has 1 aromatic heterocycles. The molecule has 0 bridgehead atoms. The predicted molar refractivity (Wildman–Crippen MR) is 120 cm³/mol. The van der Waals surface area contributed by atoms with Crippen molar-refractivity contribution in [3.8, 4) is 0 Å². The van der Waals surface area contributed by atoms with Gasteiger partial charge in [0, 0.05) is 24.2 Å². The summed E-state index contributed by atoms with van der Waals surface area (Å²) < 4.78 is 1.62. The molecule has 2 N–H and O–H groups in total. The van der Waals surface area contributed by atoms with Crippen LogP contribution >= 0.6 is 11.6 Å². The zero-order chi connectivity index (χ0) is 22.9. The van der Waals surface area contributed by atoms with E-state index < -0.39 is 11.4 Å². The number of fused-ring (bicyclic) bond motifs is 1. The molecule has 0 radical (unpaired) electrons. The molecule has 8 nitrogen and oxygen atoms in total. The molecule has 170 valence electrons. The number of carbonyl (C=O) groups excluding carboxylic acids is 3. The van der Waals surface area contributed by atoms with Crippen molar-refractivity contribution in [2.24, 2.45) is 0 Å². The number of halogens is 1. The van der Waals surface area contributed by atoms with Gasteiger partial charge in [0.1, 0.15) is 11.2 Å². The molecule has 9 heteroatoms. The summed E-state index contributed by atoms with van der Waals surface area (Å²) in [5.74, 6) is -0.957. The largest absolute Gasteiger partial charge is 0.351 e. The van der Waals surface area contributed by atoms with Crippen molar-refractivity contribution < 1.29 is 14.4 Å². The Labute approximate surface area is 192 Å². The monoisotopic (exact) mass is 457 g/mol.